The molecule has 0 N–H and O–H groups in total. The van der Waals surface area contributed by atoms with Crippen molar-refractivity contribution in [1.82, 2.24) is 0 Å². The standard InChI is InChI=1S/C16H28O3Si/c1-15(17)18-13-11-9-7-8-10-12-14-19-20(5,6)16(2,3)4/h9,11H,10,12-14H2,1-6H3/b11-9+. The van der Waals surface area contributed by atoms with Gasteiger partial charge in [0, 0.05) is 20.0 Å². The molecule has 0 aliphatic carbocycles. The molecule has 0 heterocycles. The van der Waals surface area contributed by atoms with Crippen LogP contribution < -0.4 is 0 Å². The van der Waals surface area contributed by atoms with Crippen LogP contribution >= 0.6 is 0 Å². The summed E-state index contributed by atoms with van der Waals surface area (Å²) < 4.78 is 10.8. The van der Waals surface area contributed by atoms with Crippen LogP contribution in [0.15, 0.2) is 12.2 Å². The van der Waals surface area contributed by atoms with E-state index in [1.807, 2.05) is 0 Å². The Bertz CT molecular complexity index is 381. The van der Waals surface area contributed by atoms with Crippen molar-refractivity contribution in [1.29, 1.82) is 0 Å². The number of hydrogen-bond acceptors (Lipinski definition) is 3. The zero-order chi connectivity index (χ0) is 15.6. The number of carbonyl (C=O) groups is 1. The molecule has 0 saturated heterocycles. The van der Waals surface area contributed by atoms with E-state index in [0.29, 0.717) is 6.61 Å². The summed E-state index contributed by atoms with van der Waals surface area (Å²) in [5.41, 5.74) is 0. The highest BCUT2D eigenvalue weighted by molar-refractivity contribution is 6.74. The van der Waals surface area contributed by atoms with Gasteiger partial charge >= 0.3 is 5.97 Å². The second-order valence-corrected chi connectivity index (χ2v) is 11.0. The molecule has 0 aliphatic rings. The summed E-state index contributed by atoms with van der Waals surface area (Å²) >= 11 is 0. The summed E-state index contributed by atoms with van der Waals surface area (Å²) in [7, 11) is -1.61. The zero-order valence-corrected chi connectivity index (χ0v) is 14.7. The van der Waals surface area contributed by atoms with Gasteiger partial charge in [0.05, 0.1) is 0 Å². The SMILES string of the molecule is CC(=O)OC/C=C/C#CCCCO[Si](C)(C)C(C)(C)C. The van der Waals surface area contributed by atoms with Crippen molar-refractivity contribution in [2.75, 3.05) is 13.2 Å². The fourth-order valence-corrected chi connectivity index (χ4v) is 2.20. The van der Waals surface area contributed by atoms with Gasteiger partial charge in [-0.25, -0.2) is 0 Å². The van der Waals surface area contributed by atoms with E-state index in [4.69, 9.17) is 9.16 Å². The maximum absolute atomic E-state index is 10.5. The third-order valence-electron chi connectivity index (χ3n) is 3.40. The molecule has 0 aliphatic heterocycles. The average Bonchev–Trinajstić information content (AvgIpc) is 2.29. The molecular weight excluding hydrogens is 268 g/mol. The van der Waals surface area contributed by atoms with Crippen molar-refractivity contribution in [3.63, 3.8) is 0 Å². The highest BCUT2D eigenvalue weighted by Crippen LogP contribution is 2.36. The van der Waals surface area contributed by atoms with Crippen LogP contribution in [0.4, 0.5) is 0 Å². The Balaban J connectivity index is 3.76. The highest BCUT2D eigenvalue weighted by Gasteiger charge is 2.36. The van der Waals surface area contributed by atoms with Gasteiger partial charge in [0.1, 0.15) is 6.61 Å². The molecule has 0 aromatic carbocycles. The molecule has 114 valence electrons. The predicted octanol–water partition coefficient (Wildman–Crippen LogP) is 3.91. The van der Waals surface area contributed by atoms with Gasteiger partial charge in [-0.05, 0) is 36.7 Å². The zero-order valence-electron chi connectivity index (χ0n) is 13.7. The molecule has 0 atom stereocenters. The first kappa shape index (κ1) is 18.9. The van der Waals surface area contributed by atoms with Crippen LogP contribution in [-0.4, -0.2) is 27.5 Å². The van der Waals surface area contributed by atoms with Crippen LogP contribution in [0.2, 0.25) is 18.1 Å². The minimum absolute atomic E-state index is 0.262. The first-order chi connectivity index (χ1) is 9.17. The molecule has 0 spiro atoms. The quantitative estimate of drug-likeness (QED) is 0.323. The van der Waals surface area contributed by atoms with Gasteiger partial charge in [-0.2, -0.15) is 0 Å². The van der Waals surface area contributed by atoms with E-state index >= 15 is 0 Å². The van der Waals surface area contributed by atoms with Crippen LogP contribution in [-0.2, 0) is 14.0 Å². The summed E-state index contributed by atoms with van der Waals surface area (Å²) in [6.07, 6.45) is 5.24. The number of esters is 1. The van der Waals surface area contributed by atoms with Crippen LogP contribution in [0.25, 0.3) is 0 Å². The van der Waals surface area contributed by atoms with Gasteiger partial charge < -0.3 is 9.16 Å². The number of ether oxygens (including phenoxy) is 1. The summed E-state index contributed by atoms with van der Waals surface area (Å²) in [5.74, 6) is 5.70. The molecule has 0 radical (unpaired) electrons. The molecular formula is C16H28O3Si. The van der Waals surface area contributed by atoms with Crippen molar-refractivity contribution < 1.29 is 14.0 Å². The Kier molecular flexibility index (Phi) is 8.51. The van der Waals surface area contributed by atoms with Gasteiger partial charge in [0.2, 0.25) is 0 Å². The Labute approximate surface area is 124 Å². The largest absolute Gasteiger partial charge is 0.462 e. The average molecular weight is 296 g/mol. The fourth-order valence-electron chi connectivity index (χ4n) is 1.11. The first-order valence-corrected chi connectivity index (χ1v) is 9.98. The second-order valence-electron chi connectivity index (χ2n) is 6.24. The van der Waals surface area contributed by atoms with Gasteiger partial charge in [0.15, 0.2) is 8.32 Å². The molecule has 0 aromatic rings. The van der Waals surface area contributed by atoms with E-state index in [9.17, 15) is 4.79 Å². The molecule has 0 rings (SSSR count). The number of allylic oxidation sites excluding steroid dienone is 1. The normalized spacial score (nSPS) is 12.1. The first-order valence-electron chi connectivity index (χ1n) is 7.07. The molecule has 4 heteroatoms. The van der Waals surface area contributed by atoms with Crippen LogP contribution in [0.5, 0.6) is 0 Å². The minimum atomic E-state index is -1.61. The Morgan fingerprint density at radius 3 is 2.50 bits per heavy atom. The number of hydrogen-bond donors (Lipinski definition) is 0. The van der Waals surface area contributed by atoms with Gasteiger partial charge in [-0.1, -0.05) is 32.6 Å². The van der Waals surface area contributed by atoms with Gasteiger partial charge in [-0.15, -0.1) is 0 Å². The monoisotopic (exact) mass is 296 g/mol. The third-order valence-corrected chi connectivity index (χ3v) is 7.94. The van der Waals surface area contributed by atoms with E-state index in [1.54, 1.807) is 12.2 Å². The summed E-state index contributed by atoms with van der Waals surface area (Å²) in [6.45, 7) is 13.7. The van der Waals surface area contributed by atoms with Crippen LogP contribution in [0, 0.1) is 11.8 Å². The highest BCUT2D eigenvalue weighted by atomic mass is 28.4. The molecule has 0 amide bonds. The molecule has 0 aromatic heterocycles. The topological polar surface area (TPSA) is 35.5 Å². The van der Waals surface area contributed by atoms with Crippen molar-refractivity contribution in [2.24, 2.45) is 0 Å². The Morgan fingerprint density at radius 1 is 1.30 bits per heavy atom. The van der Waals surface area contributed by atoms with E-state index in [-0.39, 0.29) is 11.0 Å². The van der Waals surface area contributed by atoms with E-state index in [2.05, 4.69) is 45.7 Å². The van der Waals surface area contributed by atoms with E-state index in [0.717, 1.165) is 19.4 Å². The van der Waals surface area contributed by atoms with Gasteiger partial charge in [0.25, 0.3) is 0 Å². The summed E-state index contributed by atoms with van der Waals surface area (Å²) in [5, 5.41) is 0.262. The molecule has 0 bridgehead atoms. The Hall–Kier alpha value is -1.05. The Morgan fingerprint density at radius 2 is 1.95 bits per heavy atom. The minimum Gasteiger partial charge on any atom is -0.462 e. The van der Waals surface area contributed by atoms with Gasteiger partial charge in [-0.3, -0.25) is 4.79 Å². The van der Waals surface area contributed by atoms with Crippen molar-refractivity contribution >= 4 is 14.3 Å². The summed E-state index contributed by atoms with van der Waals surface area (Å²) in [4.78, 5) is 10.5. The lowest BCUT2D eigenvalue weighted by Crippen LogP contribution is -2.40. The lowest BCUT2D eigenvalue weighted by Gasteiger charge is -2.36. The molecule has 20 heavy (non-hydrogen) atoms. The molecule has 0 unspecified atom stereocenters. The molecule has 0 saturated carbocycles. The summed E-state index contributed by atoms with van der Waals surface area (Å²) in [6, 6.07) is 0. The lowest BCUT2D eigenvalue weighted by molar-refractivity contribution is -0.139. The number of rotatable bonds is 6. The fraction of sp³-hybridized carbons (Fsp3) is 0.688. The maximum atomic E-state index is 10.5. The third kappa shape index (κ3) is 8.95. The second kappa shape index (κ2) is 8.99. The lowest BCUT2D eigenvalue weighted by atomic mass is 10.2. The smallest absolute Gasteiger partial charge is 0.302 e. The number of unbranched alkanes of at least 4 members (excludes halogenated alkanes) is 1. The number of carbonyl (C=O) groups excluding carboxylic acids is 1. The van der Waals surface area contributed by atoms with Crippen molar-refractivity contribution in [2.45, 2.75) is 58.7 Å². The van der Waals surface area contributed by atoms with E-state index in [1.165, 1.54) is 6.92 Å². The molecule has 0 fully saturated rings. The van der Waals surface area contributed by atoms with Crippen molar-refractivity contribution in [3.05, 3.63) is 12.2 Å². The van der Waals surface area contributed by atoms with Crippen LogP contribution in [0.1, 0.15) is 40.5 Å². The van der Waals surface area contributed by atoms with Crippen LogP contribution in [0.3, 0.4) is 0 Å². The maximum Gasteiger partial charge on any atom is 0.302 e. The molecule has 3 nitrogen and oxygen atoms in total. The van der Waals surface area contributed by atoms with E-state index < -0.39 is 8.32 Å². The predicted molar refractivity (Wildman–Crippen MR) is 85.9 cm³/mol. The van der Waals surface area contributed by atoms with Crippen molar-refractivity contribution in [3.8, 4) is 11.8 Å².